The van der Waals surface area contributed by atoms with Gasteiger partial charge in [0.2, 0.25) is 0 Å². The van der Waals surface area contributed by atoms with Gasteiger partial charge in [-0.3, -0.25) is 0 Å². The van der Waals surface area contributed by atoms with Crippen LogP contribution in [0.4, 0.5) is 0 Å². The number of nitrogens with zero attached hydrogens (tertiary/aromatic N) is 1. The molecule has 0 unspecified atom stereocenters. The van der Waals surface area contributed by atoms with Crippen molar-refractivity contribution in [3.8, 4) is 6.07 Å². The summed E-state index contributed by atoms with van der Waals surface area (Å²) in [6.45, 7) is 6.39. The van der Waals surface area contributed by atoms with E-state index in [4.69, 9.17) is 5.26 Å². The molecule has 0 spiro atoms. The lowest BCUT2D eigenvalue weighted by Crippen LogP contribution is -1.92. The molecule has 0 heterocycles. The molecule has 0 atom stereocenters. The number of rotatable bonds is 2. The lowest BCUT2D eigenvalue weighted by molar-refractivity contribution is 0.585. The van der Waals surface area contributed by atoms with Crippen molar-refractivity contribution in [1.82, 2.24) is 0 Å². The van der Waals surface area contributed by atoms with Gasteiger partial charge in [-0.05, 0) is 19.3 Å². The molecule has 64 valence electrons. The van der Waals surface area contributed by atoms with Crippen LogP contribution in [0, 0.1) is 16.7 Å². The first kappa shape index (κ1) is 10.5. The lowest BCUT2D eigenvalue weighted by atomic mass is 10.0. The van der Waals surface area contributed by atoms with Gasteiger partial charge in [0.15, 0.2) is 0 Å². The summed E-state index contributed by atoms with van der Waals surface area (Å²) in [6, 6.07) is 2.35. The van der Waals surface area contributed by atoms with Crippen molar-refractivity contribution in [3.63, 3.8) is 0 Å². The monoisotopic (exact) mass is 153 g/mol. The lowest BCUT2D eigenvalue weighted by Gasteiger charge is -1.97. The second-order valence-electron chi connectivity index (χ2n) is 3.35. The molecule has 0 radical (unpaired) electrons. The second-order valence-corrected chi connectivity index (χ2v) is 3.35. The summed E-state index contributed by atoms with van der Waals surface area (Å²) in [6.07, 6.45) is 5.83. The van der Waals surface area contributed by atoms with E-state index in [1.165, 1.54) is 6.42 Å². The molecule has 1 heteroatoms. The third-order valence-electron chi connectivity index (χ3n) is 1.82. The second kappa shape index (κ2) is 5.18. The first-order chi connectivity index (χ1) is 5.24. The molecule has 0 bridgehead atoms. The maximum atomic E-state index is 8.54. The van der Waals surface area contributed by atoms with Gasteiger partial charge in [-0.25, -0.2) is 0 Å². The zero-order chi connectivity index (χ0) is 8.74. The average molecular weight is 153 g/mol. The normalized spacial score (nSPS) is 17.6. The Bertz CT molecular complexity index is 128. The van der Waals surface area contributed by atoms with Crippen molar-refractivity contribution < 1.29 is 0 Å². The van der Waals surface area contributed by atoms with Crippen molar-refractivity contribution in [1.29, 1.82) is 5.26 Å². The molecule has 1 nitrogen and oxygen atoms in total. The molecule has 0 aliphatic heterocycles. The molecule has 0 amide bonds. The van der Waals surface area contributed by atoms with Crippen molar-refractivity contribution in [3.05, 3.63) is 0 Å². The van der Waals surface area contributed by atoms with Crippen LogP contribution in [0.15, 0.2) is 0 Å². The summed E-state index contributed by atoms with van der Waals surface area (Å²) in [4.78, 5) is 0. The van der Waals surface area contributed by atoms with Crippen LogP contribution >= 0.6 is 0 Å². The molecule has 1 aliphatic rings. The van der Waals surface area contributed by atoms with Crippen LogP contribution < -0.4 is 0 Å². The number of hydrogen-bond acceptors (Lipinski definition) is 1. The Balaban J connectivity index is 0.000000292. The van der Waals surface area contributed by atoms with Gasteiger partial charge in [0.25, 0.3) is 0 Å². The maximum Gasteiger partial charge on any atom is 0.0689 e. The first-order valence-electron chi connectivity index (χ1n) is 4.66. The Kier molecular flexibility index (Phi) is 4.94. The predicted octanol–water partition coefficient (Wildman–Crippen LogP) is 3.51. The average Bonchev–Trinajstić information content (AvgIpc) is 2.72. The highest BCUT2D eigenvalue weighted by Gasteiger charge is 2.41. The van der Waals surface area contributed by atoms with E-state index < -0.39 is 0 Å². The third-order valence-corrected chi connectivity index (χ3v) is 1.82. The van der Waals surface area contributed by atoms with E-state index in [-0.39, 0.29) is 5.41 Å². The van der Waals surface area contributed by atoms with Gasteiger partial charge in [-0.15, -0.1) is 0 Å². The summed E-state index contributed by atoms with van der Waals surface area (Å²) >= 11 is 0. The SMILES string of the molecule is CCC.CCCC1(C#N)CC1. The Labute approximate surface area is 70.4 Å². The van der Waals surface area contributed by atoms with E-state index in [1.807, 2.05) is 0 Å². The molecular formula is C10H19N. The van der Waals surface area contributed by atoms with Gasteiger partial charge in [0.05, 0.1) is 11.5 Å². The quantitative estimate of drug-likeness (QED) is 0.595. The van der Waals surface area contributed by atoms with Gasteiger partial charge in [0, 0.05) is 0 Å². The summed E-state index contributed by atoms with van der Waals surface area (Å²) in [5.74, 6) is 0. The van der Waals surface area contributed by atoms with Crippen LogP contribution in [0.3, 0.4) is 0 Å². The summed E-state index contributed by atoms with van der Waals surface area (Å²) in [5.41, 5.74) is 0.148. The van der Waals surface area contributed by atoms with E-state index >= 15 is 0 Å². The Morgan fingerprint density at radius 2 is 1.73 bits per heavy atom. The summed E-state index contributed by atoms with van der Waals surface area (Å²) in [5, 5.41) is 8.54. The van der Waals surface area contributed by atoms with Crippen LogP contribution in [0.1, 0.15) is 52.9 Å². The fourth-order valence-electron chi connectivity index (χ4n) is 1.05. The largest absolute Gasteiger partial charge is 0.198 e. The minimum Gasteiger partial charge on any atom is -0.198 e. The van der Waals surface area contributed by atoms with Crippen LogP contribution in [-0.4, -0.2) is 0 Å². The highest BCUT2D eigenvalue weighted by Crippen LogP contribution is 2.48. The molecule has 0 aromatic carbocycles. The number of nitriles is 1. The van der Waals surface area contributed by atoms with Gasteiger partial charge in [0.1, 0.15) is 0 Å². The minimum atomic E-state index is 0.148. The van der Waals surface area contributed by atoms with Crippen LogP contribution in [0.5, 0.6) is 0 Å². The molecule has 0 saturated heterocycles. The van der Waals surface area contributed by atoms with E-state index in [9.17, 15) is 0 Å². The fourth-order valence-corrected chi connectivity index (χ4v) is 1.05. The summed E-state index contributed by atoms with van der Waals surface area (Å²) in [7, 11) is 0. The van der Waals surface area contributed by atoms with Crippen molar-refractivity contribution in [2.24, 2.45) is 5.41 Å². The summed E-state index contributed by atoms with van der Waals surface area (Å²) < 4.78 is 0. The Morgan fingerprint density at radius 1 is 1.27 bits per heavy atom. The molecule has 1 aliphatic carbocycles. The molecular weight excluding hydrogens is 134 g/mol. The predicted molar refractivity (Wildman–Crippen MR) is 48.2 cm³/mol. The maximum absolute atomic E-state index is 8.54. The van der Waals surface area contributed by atoms with Crippen molar-refractivity contribution in [2.45, 2.75) is 52.9 Å². The zero-order valence-corrected chi connectivity index (χ0v) is 7.98. The van der Waals surface area contributed by atoms with Crippen LogP contribution in [-0.2, 0) is 0 Å². The van der Waals surface area contributed by atoms with Crippen LogP contribution in [0.2, 0.25) is 0 Å². The smallest absolute Gasteiger partial charge is 0.0689 e. The Morgan fingerprint density at radius 3 is 1.82 bits per heavy atom. The van der Waals surface area contributed by atoms with Gasteiger partial charge < -0.3 is 0 Å². The highest BCUT2D eigenvalue weighted by atomic mass is 14.5. The minimum absolute atomic E-state index is 0.148. The van der Waals surface area contributed by atoms with E-state index in [1.54, 1.807) is 0 Å². The molecule has 1 rings (SSSR count). The van der Waals surface area contributed by atoms with E-state index in [2.05, 4.69) is 26.8 Å². The number of hydrogen-bond donors (Lipinski definition) is 0. The topological polar surface area (TPSA) is 23.8 Å². The molecule has 0 aromatic heterocycles. The molecule has 0 aromatic rings. The van der Waals surface area contributed by atoms with Gasteiger partial charge in [-0.2, -0.15) is 5.26 Å². The molecule has 0 N–H and O–H groups in total. The fraction of sp³-hybridized carbons (Fsp3) is 0.900. The van der Waals surface area contributed by atoms with Gasteiger partial charge in [-0.1, -0.05) is 33.6 Å². The standard InChI is InChI=1S/C7H11N.C3H8/c1-2-3-7(6-8)4-5-7;1-3-2/h2-5H2,1H3;3H2,1-2H3. The first-order valence-corrected chi connectivity index (χ1v) is 4.66. The van der Waals surface area contributed by atoms with Gasteiger partial charge >= 0.3 is 0 Å². The van der Waals surface area contributed by atoms with Crippen LogP contribution in [0.25, 0.3) is 0 Å². The molecule has 1 fully saturated rings. The third kappa shape index (κ3) is 4.03. The van der Waals surface area contributed by atoms with Crippen molar-refractivity contribution in [2.75, 3.05) is 0 Å². The zero-order valence-electron chi connectivity index (χ0n) is 7.98. The van der Waals surface area contributed by atoms with Crippen molar-refractivity contribution >= 4 is 0 Å². The van der Waals surface area contributed by atoms with E-state index in [0.717, 1.165) is 25.7 Å². The van der Waals surface area contributed by atoms with E-state index in [0.29, 0.717) is 0 Å². The Hall–Kier alpha value is -0.510. The molecule has 1 saturated carbocycles. The highest BCUT2D eigenvalue weighted by molar-refractivity contribution is 5.09. The molecule has 11 heavy (non-hydrogen) atoms.